The Labute approximate surface area is 149 Å². The minimum atomic E-state index is -0.670. The zero-order valence-corrected chi connectivity index (χ0v) is 13.8. The Morgan fingerprint density at radius 1 is 1.00 bits per heavy atom. The van der Waals surface area contributed by atoms with Gasteiger partial charge in [-0.2, -0.15) is 0 Å². The summed E-state index contributed by atoms with van der Waals surface area (Å²) in [7, 11) is 0. The molecule has 0 fully saturated rings. The van der Waals surface area contributed by atoms with E-state index in [-0.39, 0.29) is 22.3 Å². The van der Waals surface area contributed by atoms with Crippen LogP contribution in [0.1, 0.15) is 0 Å². The van der Waals surface area contributed by atoms with Crippen LogP contribution in [0.2, 0.25) is 0 Å². The lowest BCUT2D eigenvalue weighted by atomic mass is 10.1. The molecule has 1 N–H and O–H groups in total. The van der Waals surface area contributed by atoms with E-state index in [2.05, 4.69) is 15.3 Å². The van der Waals surface area contributed by atoms with Crippen molar-refractivity contribution in [2.24, 2.45) is 0 Å². The number of thiazole rings is 1. The normalized spacial score (nSPS) is 10.9. The first-order valence-electron chi connectivity index (χ1n) is 7.37. The first-order chi connectivity index (χ1) is 12.5. The monoisotopic (exact) mass is 367 g/mol. The summed E-state index contributed by atoms with van der Waals surface area (Å²) in [5, 5.41) is 26.4. The Bertz CT molecular complexity index is 1160. The number of fused-ring (bicyclic) bond motifs is 2. The van der Waals surface area contributed by atoms with Crippen molar-refractivity contribution in [3.63, 3.8) is 0 Å². The number of non-ortho nitro benzene ring substituents is 1. The molecule has 4 aromatic rings. The number of para-hydroxylation sites is 1. The highest BCUT2D eigenvalue weighted by molar-refractivity contribution is 7.22. The Morgan fingerprint density at radius 3 is 2.50 bits per heavy atom. The molecule has 0 aliphatic carbocycles. The second-order valence-corrected chi connectivity index (χ2v) is 6.35. The molecule has 9 nitrogen and oxygen atoms in total. The number of benzene rings is 2. The fraction of sp³-hybridized carbons (Fsp3) is 0. The van der Waals surface area contributed by atoms with Gasteiger partial charge in [-0.05, 0) is 24.3 Å². The number of hydrogen-bond donors (Lipinski definition) is 1. The van der Waals surface area contributed by atoms with Gasteiger partial charge < -0.3 is 5.32 Å². The van der Waals surface area contributed by atoms with E-state index in [1.165, 1.54) is 23.6 Å². The molecule has 128 valence electrons. The summed E-state index contributed by atoms with van der Waals surface area (Å²) in [5.74, 6) is 0. The van der Waals surface area contributed by atoms with Crippen LogP contribution in [-0.4, -0.2) is 19.8 Å². The lowest BCUT2D eigenvalue weighted by Gasteiger charge is -2.08. The maximum atomic E-state index is 11.5. The van der Waals surface area contributed by atoms with Crippen molar-refractivity contribution < 1.29 is 9.85 Å². The number of pyridine rings is 1. The smallest absolute Gasteiger partial charge is 0.301 e. The Balaban J connectivity index is 1.95. The predicted molar refractivity (Wildman–Crippen MR) is 98.0 cm³/mol. The molecule has 2 aromatic carbocycles. The first kappa shape index (κ1) is 15.8. The van der Waals surface area contributed by atoms with Crippen LogP contribution in [0.4, 0.5) is 22.2 Å². The maximum absolute atomic E-state index is 11.5. The minimum absolute atomic E-state index is 0.0789. The molecule has 0 atom stereocenters. The van der Waals surface area contributed by atoms with E-state index in [4.69, 9.17) is 0 Å². The Kier molecular flexibility index (Phi) is 3.66. The van der Waals surface area contributed by atoms with E-state index < -0.39 is 15.5 Å². The number of aromatic nitrogens is 2. The van der Waals surface area contributed by atoms with Gasteiger partial charge in [-0.15, -0.1) is 0 Å². The van der Waals surface area contributed by atoms with Crippen molar-refractivity contribution >= 4 is 54.7 Å². The topological polar surface area (TPSA) is 124 Å². The van der Waals surface area contributed by atoms with Crippen LogP contribution >= 0.6 is 11.3 Å². The molecule has 0 radical (unpaired) electrons. The van der Waals surface area contributed by atoms with Gasteiger partial charge in [-0.3, -0.25) is 25.2 Å². The number of nitro groups is 2. The highest BCUT2D eigenvalue weighted by Gasteiger charge is 2.27. The second-order valence-electron chi connectivity index (χ2n) is 5.32. The van der Waals surface area contributed by atoms with Crippen LogP contribution in [0.3, 0.4) is 0 Å². The molecule has 10 heteroatoms. The highest BCUT2D eigenvalue weighted by atomic mass is 32.1. The fourth-order valence-electron chi connectivity index (χ4n) is 2.66. The third kappa shape index (κ3) is 2.58. The largest absolute Gasteiger partial charge is 0.324 e. The van der Waals surface area contributed by atoms with Crippen LogP contribution in [0.25, 0.3) is 21.1 Å². The molecule has 0 saturated carbocycles. The maximum Gasteiger partial charge on any atom is 0.301 e. The zero-order valence-electron chi connectivity index (χ0n) is 12.9. The van der Waals surface area contributed by atoms with Gasteiger partial charge in [-0.25, -0.2) is 4.98 Å². The number of rotatable bonds is 4. The lowest BCUT2D eigenvalue weighted by Crippen LogP contribution is -2.01. The molecule has 0 unspecified atom stereocenters. The van der Waals surface area contributed by atoms with Crippen LogP contribution in [-0.2, 0) is 0 Å². The molecule has 2 aromatic heterocycles. The Morgan fingerprint density at radius 2 is 1.77 bits per heavy atom. The molecule has 2 heterocycles. The highest BCUT2D eigenvalue weighted by Crippen LogP contribution is 2.40. The third-order valence-electron chi connectivity index (χ3n) is 3.77. The first-order valence-corrected chi connectivity index (χ1v) is 8.19. The molecule has 0 aliphatic rings. The van der Waals surface area contributed by atoms with Gasteiger partial charge >= 0.3 is 5.69 Å². The molecule has 0 bridgehead atoms. The van der Waals surface area contributed by atoms with E-state index >= 15 is 0 Å². The van der Waals surface area contributed by atoms with E-state index in [1.54, 1.807) is 6.07 Å². The van der Waals surface area contributed by atoms with Crippen molar-refractivity contribution in [3.05, 3.63) is 68.9 Å². The summed E-state index contributed by atoms with van der Waals surface area (Å²) in [4.78, 5) is 30.0. The van der Waals surface area contributed by atoms with Gasteiger partial charge in [0.2, 0.25) is 0 Å². The van der Waals surface area contributed by atoms with Gasteiger partial charge in [0, 0.05) is 6.20 Å². The van der Waals surface area contributed by atoms with Crippen molar-refractivity contribution in [1.29, 1.82) is 0 Å². The summed E-state index contributed by atoms with van der Waals surface area (Å²) in [6.45, 7) is 0. The summed E-state index contributed by atoms with van der Waals surface area (Å²) in [5.41, 5.74) is 0.182. The number of hydrogen-bond acceptors (Lipinski definition) is 8. The average molecular weight is 367 g/mol. The van der Waals surface area contributed by atoms with Crippen molar-refractivity contribution in [2.45, 2.75) is 0 Å². The van der Waals surface area contributed by atoms with Crippen molar-refractivity contribution in [3.8, 4) is 0 Å². The molecule has 0 amide bonds. The van der Waals surface area contributed by atoms with Gasteiger partial charge in [-0.1, -0.05) is 23.5 Å². The molecule has 0 aliphatic heterocycles. The van der Waals surface area contributed by atoms with E-state index in [0.29, 0.717) is 5.13 Å². The quantitative estimate of drug-likeness (QED) is 0.418. The number of anilines is 2. The molecule has 4 rings (SSSR count). The van der Waals surface area contributed by atoms with E-state index in [0.717, 1.165) is 16.3 Å². The van der Waals surface area contributed by atoms with Crippen molar-refractivity contribution in [2.75, 3.05) is 5.32 Å². The number of nitrogens with one attached hydrogen (secondary N) is 1. The lowest BCUT2D eigenvalue weighted by molar-refractivity contribution is -0.392. The number of nitrogens with zero attached hydrogens (tertiary/aromatic N) is 4. The second kappa shape index (κ2) is 6.01. The van der Waals surface area contributed by atoms with Gasteiger partial charge in [0.05, 0.1) is 31.5 Å². The molecular weight excluding hydrogens is 358 g/mol. The third-order valence-corrected chi connectivity index (χ3v) is 4.72. The number of nitro benzene ring substituents is 2. The fourth-order valence-corrected chi connectivity index (χ4v) is 3.53. The van der Waals surface area contributed by atoms with Gasteiger partial charge in [0.1, 0.15) is 11.2 Å². The van der Waals surface area contributed by atoms with E-state index in [9.17, 15) is 20.2 Å². The molecule has 26 heavy (non-hydrogen) atoms. The van der Waals surface area contributed by atoms with Crippen LogP contribution < -0.4 is 5.32 Å². The molecule has 0 saturated heterocycles. The zero-order chi connectivity index (χ0) is 18.3. The summed E-state index contributed by atoms with van der Waals surface area (Å²) >= 11 is 1.33. The summed E-state index contributed by atoms with van der Waals surface area (Å²) in [6, 6.07) is 11.4. The predicted octanol–water partition coefficient (Wildman–Crippen LogP) is 4.40. The van der Waals surface area contributed by atoms with Gasteiger partial charge in [0.15, 0.2) is 5.13 Å². The Hall–Kier alpha value is -3.66. The van der Waals surface area contributed by atoms with Crippen LogP contribution in [0.15, 0.2) is 48.7 Å². The summed E-state index contributed by atoms with van der Waals surface area (Å²) in [6.07, 6.45) is 1.43. The summed E-state index contributed by atoms with van der Waals surface area (Å²) < 4.78 is 0.914. The van der Waals surface area contributed by atoms with E-state index in [1.807, 2.05) is 24.3 Å². The minimum Gasteiger partial charge on any atom is -0.324 e. The van der Waals surface area contributed by atoms with Gasteiger partial charge in [0.25, 0.3) is 5.69 Å². The molecular formula is C16H9N5O4S. The van der Waals surface area contributed by atoms with Crippen LogP contribution in [0.5, 0.6) is 0 Å². The molecule has 0 spiro atoms. The SMILES string of the molecule is O=[N+]([O-])c1cc([N+](=O)[O-])c2cccnc2c1Nc1nc2ccccc2s1. The van der Waals surface area contributed by atoms with Crippen molar-refractivity contribution in [1.82, 2.24) is 9.97 Å². The van der Waals surface area contributed by atoms with Crippen LogP contribution in [0, 0.1) is 20.2 Å². The average Bonchev–Trinajstić information content (AvgIpc) is 3.03. The standard InChI is InChI=1S/C16H9N5O4S/c22-20(23)11-8-12(21(24)25)15(14-9(11)4-3-7-17-14)19-16-18-10-5-1-2-6-13(10)26-16/h1-8H,(H,18,19).